The third-order valence-electron chi connectivity index (χ3n) is 2.15. The Bertz CT molecular complexity index is 423. The van der Waals surface area contributed by atoms with Gasteiger partial charge in [-0.15, -0.1) is 0 Å². The van der Waals surface area contributed by atoms with Crippen molar-refractivity contribution in [2.24, 2.45) is 5.73 Å². The van der Waals surface area contributed by atoms with Gasteiger partial charge < -0.3 is 15.6 Å². The highest BCUT2D eigenvalue weighted by atomic mass is 127. The Kier molecular flexibility index (Phi) is 5.93. The van der Waals surface area contributed by atoms with E-state index in [2.05, 4.69) is 22.6 Å². The van der Waals surface area contributed by atoms with E-state index < -0.39 is 6.04 Å². The summed E-state index contributed by atoms with van der Waals surface area (Å²) in [5.74, 6) is -0.212. The number of nitrogens with two attached hydrogens (primary N) is 1. The van der Waals surface area contributed by atoms with Gasteiger partial charge in [0.25, 0.3) is 0 Å². The fourth-order valence-electron chi connectivity index (χ4n) is 1.38. The smallest absolute Gasteiger partial charge is 0.307 e. The van der Waals surface area contributed by atoms with Crippen LogP contribution in [0.25, 0.3) is 0 Å². The molecule has 3 N–H and O–H groups in total. The van der Waals surface area contributed by atoms with E-state index in [0.717, 1.165) is 7.14 Å². The minimum atomic E-state index is -0.544. The van der Waals surface area contributed by atoms with Gasteiger partial charge in [-0.3, -0.25) is 4.79 Å². The molecule has 0 saturated carbocycles. The fraction of sp³-hybridized carbons (Fsp3) is 0.364. The number of ether oxygens (including phenoxy) is 1. The molecule has 94 valence electrons. The largest absolute Gasteiger partial charge is 0.506 e. The average Bonchev–Trinajstić information content (AvgIpc) is 2.23. The van der Waals surface area contributed by atoms with Crippen molar-refractivity contribution in [3.05, 3.63) is 24.8 Å². The summed E-state index contributed by atoms with van der Waals surface area (Å²) in [4.78, 5) is 11.3. The number of hydrogen-bond donors (Lipinski definition) is 2. The lowest BCUT2D eigenvalue weighted by Gasteiger charge is -2.14. The maximum Gasteiger partial charge on any atom is 0.307 e. The lowest BCUT2D eigenvalue weighted by atomic mass is 10.0. The second-order valence-electron chi connectivity index (χ2n) is 3.44. The number of phenols is 1. The first-order chi connectivity index (χ1) is 7.95. The first kappa shape index (κ1) is 15.0. The van der Waals surface area contributed by atoms with E-state index in [4.69, 9.17) is 10.5 Å². The highest BCUT2D eigenvalue weighted by molar-refractivity contribution is 14.1. The van der Waals surface area contributed by atoms with Crippen LogP contribution < -0.4 is 5.73 Å². The molecule has 0 spiro atoms. The Morgan fingerprint density at radius 2 is 2.18 bits per heavy atom. The molecule has 0 aliphatic heterocycles. The zero-order chi connectivity index (χ0) is 13.0. The SMILES string of the molecule is CCOC(=O)C[C@@H](N)c1cc(I)cc(I)c1O. The first-order valence-corrected chi connectivity index (χ1v) is 7.20. The second kappa shape index (κ2) is 6.74. The van der Waals surface area contributed by atoms with Crippen molar-refractivity contribution in [2.45, 2.75) is 19.4 Å². The van der Waals surface area contributed by atoms with Crippen LogP contribution in [0.15, 0.2) is 12.1 Å². The Hall–Kier alpha value is -0.0900. The summed E-state index contributed by atoms with van der Waals surface area (Å²) in [7, 11) is 0. The number of rotatable bonds is 4. The maximum atomic E-state index is 11.3. The molecule has 0 heterocycles. The minimum Gasteiger partial charge on any atom is -0.506 e. The van der Waals surface area contributed by atoms with E-state index in [-0.39, 0.29) is 18.1 Å². The number of carbonyl (C=O) groups excluding carboxylic acids is 1. The molecule has 0 amide bonds. The molecule has 1 aromatic rings. The summed E-state index contributed by atoms with van der Waals surface area (Å²) in [6, 6.07) is 3.08. The predicted octanol–water partition coefficient (Wildman–Crippen LogP) is 2.55. The number of esters is 1. The molecule has 0 saturated heterocycles. The van der Waals surface area contributed by atoms with Crippen LogP contribution in [-0.4, -0.2) is 17.7 Å². The lowest BCUT2D eigenvalue weighted by Crippen LogP contribution is -2.17. The summed E-state index contributed by atoms with van der Waals surface area (Å²) >= 11 is 4.18. The molecule has 0 fully saturated rings. The summed E-state index contributed by atoms with van der Waals surface area (Å²) < 4.78 is 6.53. The molecule has 0 aromatic heterocycles. The molecule has 0 aliphatic carbocycles. The van der Waals surface area contributed by atoms with Crippen molar-refractivity contribution in [3.8, 4) is 5.75 Å². The standard InChI is InChI=1S/C11H13I2NO3/c1-2-17-10(15)5-9(14)7-3-6(12)4-8(13)11(7)16/h3-4,9,16H,2,5,14H2,1H3/t9-/m1/s1. The Labute approximate surface area is 127 Å². The van der Waals surface area contributed by atoms with Gasteiger partial charge in [0.1, 0.15) is 5.75 Å². The highest BCUT2D eigenvalue weighted by Gasteiger charge is 2.18. The monoisotopic (exact) mass is 461 g/mol. The molecule has 0 radical (unpaired) electrons. The second-order valence-corrected chi connectivity index (χ2v) is 5.85. The number of benzene rings is 1. The van der Waals surface area contributed by atoms with Crippen molar-refractivity contribution < 1.29 is 14.6 Å². The van der Waals surface area contributed by atoms with Crippen molar-refractivity contribution in [1.82, 2.24) is 0 Å². The fourth-order valence-corrected chi connectivity index (χ4v) is 3.27. The lowest BCUT2D eigenvalue weighted by molar-refractivity contribution is -0.143. The van der Waals surface area contributed by atoms with E-state index in [1.807, 2.05) is 28.7 Å². The topological polar surface area (TPSA) is 72.5 Å². The van der Waals surface area contributed by atoms with Crippen molar-refractivity contribution in [1.29, 1.82) is 0 Å². The molecular formula is C11H13I2NO3. The van der Waals surface area contributed by atoms with Gasteiger partial charge in [-0.2, -0.15) is 0 Å². The van der Waals surface area contributed by atoms with Crippen molar-refractivity contribution in [2.75, 3.05) is 6.61 Å². The number of phenolic OH excluding ortho intramolecular Hbond substituents is 1. The van der Waals surface area contributed by atoms with Crippen LogP contribution in [-0.2, 0) is 9.53 Å². The normalized spacial score (nSPS) is 12.2. The van der Waals surface area contributed by atoms with Gasteiger partial charge in [-0.25, -0.2) is 0 Å². The van der Waals surface area contributed by atoms with Crippen molar-refractivity contribution >= 4 is 51.2 Å². The van der Waals surface area contributed by atoms with Gasteiger partial charge in [0.15, 0.2) is 0 Å². The number of aromatic hydroxyl groups is 1. The predicted molar refractivity (Wildman–Crippen MR) is 81.7 cm³/mol. The van der Waals surface area contributed by atoms with Crippen LogP contribution in [0.2, 0.25) is 0 Å². The zero-order valence-electron chi connectivity index (χ0n) is 9.24. The third kappa shape index (κ3) is 4.25. The molecule has 0 bridgehead atoms. The molecule has 0 unspecified atom stereocenters. The molecule has 1 atom stereocenters. The third-order valence-corrected chi connectivity index (χ3v) is 3.59. The van der Waals surface area contributed by atoms with E-state index in [0.29, 0.717) is 12.2 Å². The maximum absolute atomic E-state index is 11.3. The summed E-state index contributed by atoms with van der Waals surface area (Å²) in [6.45, 7) is 2.08. The average molecular weight is 461 g/mol. The van der Waals surface area contributed by atoms with Gasteiger partial charge in [-0.1, -0.05) is 0 Å². The molecule has 0 aliphatic rings. The molecule has 1 rings (SSSR count). The Morgan fingerprint density at radius 3 is 2.76 bits per heavy atom. The van der Waals surface area contributed by atoms with Gasteiger partial charge >= 0.3 is 5.97 Å². The van der Waals surface area contributed by atoms with Gasteiger partial charge in [-0.05, 0) is 64.2 Å². The Balaban J connectivity index is 2.88. The van der Waals surface area contributed by atoms with Gasteiger partial charge in [0, 0.05) is 15.2 Å². The zero-order valence-corrected chi connectivity index (χ0v) is 13.6. The van der Waals surface area contributed by atoms with E-state index in [9.17, 15) is 9.90 Å². The molecule has 6 heteroatoms. The quantitative estimate of drug-likeness (QED) is 0.535. The molecule has 4 nitrogen and oxygen atoms in total. The molecule has 1 aromatic carbocycles. The molecule has 17 heavy (non-hydrogen) atoms. The van der Waals surface area contributed by atoms with Gasteiger partial charge in [0.2, 0.25) is 0 Å². The number of hydrogen-bond acceptors (Lipinski definition) is 4. The van der Waals surface area contributed by atoms with Crippen LogP contribution in [0.1, 0.15) is 24.9 Å². The molecular weight excluding hydrogens is 448 g/mol. The summed E-state index contributed by atoms with van der Waals surface area (Å²) in [6.07, 6.45) is 0.0670. The number of halogens is 2. The van der Waals surface area contributed by atoms with Crippen LogP contribution in [0.5, 0.6) is 5.75 Å². The van der Waals surface area contributed by atoms with Crippen LogP contribution in [0.4, 0.5) is 0 Å². The van der Waals surface area contributed by atoms with Crippen LogP contribution in [0.3, 0.4) is 0 Å². The first-order valence-electron chi connectivity index (χ1n) is 5.04. The van der Waals surface area contributed by atoms with Gasteiger partial charge in [0.05, 0.1) is 16.6 Å². The van der Waals surface area contributed by atoms with Crippen LogP contribution >= 0.6 is 45.2 Å². The summed E-state index contributed by atoms with van der Waals surface area (Å²) in [5, 5.41) is 9.89. The number of carbonyl (C=O) groups is 1. The van der Waals surface area contributed by atoms with Crippen molar-refractivity contribution in [3.63, 3.8) is 0 Å². The van der Waals surface area contributed by atoms with E-state index in [1.54, 1.807) is 13.0 Å². The highest BCUT2D eigenvalue weighted by Crippen LogP contribution is 2.31. The van der Waals surface area contributed by atoms with E-state index >= 15 is 0 Å². The summed E-state index contributed by atoms with van der Waals surface area (Å²) in [5.41, 5.74) is 6.48. The Morgan fingerprint density at radius 1 is 1.53 bits per heavy atom. The van der Waals surface area contributed by atoms with Crippen LogP contribution in [0, 0.1) is 7.14 Å². The van der Waals surface area contributed by atoms with E-state index in [1.165, 1.54) is 0 Å². The minimum absolute atomic E-state index is 0.0670.